The van der Waals surface area contributed by atoms with Crippen molar-refractivity contribution in [2.75, 3.05) is 19.7 Å². The average Bonchev–Trinajstić information content (AvgIpc) is 3.27. The molecule has 6 nitrogen and oxygen atoms in total. The highest BCUT2D eigenvalue weighted by Gasteiger charge is 2.47. The van der Waals surface area contributed by atoms with E-state index < -0.39 is 0 Å². The van der Waals surface area contributed by atoms with E-state index in [1.807, 2.05) is 17.9 Å². The number of aromatic amines is 1. The third kappa shape index (κ3) is 2.82. The Morgan fingerprint density at radius 1 is 1.33 bits per heavy atom. The van der Waals surface area contributed by atoms with Crippen molar-refractivity contribution in [3.05, 3.63) is 47.0 Å². The monoisotopic (exact) mass is 326 g/mol. The number of H-pyrrole nitrogens is 1. The molecular formula is C18H22N4O2. The number of nitrogens with zero attached hydrogens (tertiary/aromatic N) is 3. The van der Waals surface area contributed by atoms with Crippen molar-refractivity contribution in [2.45, 2.75) is 32.3 Å². The van der Waals surface area contributed by atoms with Crippen LogP contribution >= 0.6 is 0 Å². The van der Waals surface area contributed by atoms with Crippen LogP contribution in [0.15, 0.2) is 24.3 Å². The summed E-state index contributed by atoms with van der Waals surface area (Å²) in [6, 6.07) is 8.36. The maximum atomic E-state index is 12.9. The van der Waals surface area contributed by atoms with Crippen molar-refractivity contribution >= 4 is 5.91 Å². The number of carbonyl (C=O) groups is 1. The van der Waals surface area contributed by atoms with Gasteiger partial charge in [0, 0.05) is 12.5 Å². The molecule has 1 aliphatic carbocycles. The van der Waals surface area contributed by atoms with Crippen molar-refractivity contribution < 1.29 is 9.53 Å². The Balaban J connectivity index is 1.43. The number of ether oxygens (including phenoxy) is 1. The molecule has 1 aliphatic heterocycles. The lowest BCUT2D eigenvalue weighted by Crippen LogP contribution is -2.43. The quantitative estimate of drug-likeness (QED) is 0.938. The highest BCUT2D eigenvalue weighted by molar-refractivity contribution is 5.83. The molecule has 1 N–H and O–H groups in total. The summed E-state index contributed by atoms with van der Waals surface area (Å²) in [7, 11) is 0. The van der Waals surface area contributed by atoms with Crippen molar-refractivity contribution in [2.24, 2.45) is 5.92 Å². The number of hydrogen-bond acceptors (Lipinski definition) is 4. The van der Waals surface area contributed by atoms with Gasteiger partial charge in [-0.3, -0.25) is 9.89 Å². The van der Waals surface area contributed by atoms with E-state index >= 15 is 0 Å². The van der Waals surface area contributed by atoms with Crippen LogP contribution in [0.1, 0.15) is 41.2 Å². The lowest BCUT2D eigenvalue weighted by Gasteiger charge is -2.32. The predicted octanol–water partition coefficient (Wildman–Crippen LogP) is 2.13. The number of hydrogen-bond donors (Lipinski definition) is 1. The second-order valence-corrected chi connectivity index (χ2v) is 6.73. The lowest BCUT2D eigenvalue weighted by atomic mass is 10.0. The van der Waals surface area contributed by atoms with E-state index in [1.54, 1.807) is 0 Å². The van der Waals surface area contributed by atoms with Crippen LogP contribution in [0, 0.1) is 19.8 Å². The molecule has 2 aliphatic rings. The van der Waals surface area contributed by atoms with Gasteiger partial charge in [-0.05, 0) is 37.3 Å². The molecule has 126 valence electrons. The molecular weight excluding hydrogens is 304 g/mol. The van der Waals surface area contributed by atoms with Crippen LogP contribution in [0.3, 0.4) is 0 Å². The van der Waals surface area contributed by atoms with E-state index in [4.69, 9.17) is 4.74 Å². The van der Waals surface area contributed by atoms with Crippen LogP contribution in [0.2, 0.25) is 0 Å². The Labute approximate surface area is 141 Å². The first kappa shape index (κ1) is 15.3. The minimum absolute atomic E-state index is 0.110. The van der Waals surface area contributed by atoms with Crippen LogP contribution in [0.5, 0.6) is 0 Å². The van der Waals surface area contributed by atoms with E-state index in [1.165, 1.54) is 11.1 Å². The second kappa shape index (κ2) is 6.02. The van der Waals surface area contributed by atoms with Crippen LogP contribution in [-0.2, 0) is 9.53 Å². The van der Waals surface area contributed by atoms with Crippen molar-refractivity contribution in [1.29, 1.82) is 0 Å². The maximum absolute atomic E-state index is 12.9. The summed E-state index contributed by atoms with van der Waals surface area (Å²) in [5.41, 5.74) is 2.58. The summed E-state index contributed by atoms with van der Waals surface area (Å²) in [5.74, 6) is 2.11. The third-order valence-electron chi connectivity index (χ3n) is 4.98. The van der Waals surface area contributed by atoms with E-state index in [0.29, 0.717) is 31.4 Å². The molecule has 0 bridgehead atoms. The number of aromatic nitrogens is 3. The zero-order valence-corrected chi connectivity index (χ0v) is 14.0. The summed E-state index contributed by atoms with van der Waals surface area (Å²) in [6.45, 7) is 5.69. The predicted molar refractivity (Wildman–Crippen MR) is 88.4 cm³/mol. The largest absolute Gasteiger partial charge is 0.366 e. The van der Waals surface area contributed by atoms with Gasteiger partial charge in [0.25, 0.3) is 0 Å². The summed E-state index contributed by atoms with van der Waals surface area (Å²) >= 11 is 0. The molecule has 1 amide bonds. The Bertz CT molecular complexity index is 757. The van der Waals surface area contributed by atoms with Gasteiger partial charge in [-0.15, -0.1) is 0 Å². The topological polar surface area (TPSA) is 71.1 Å². The first-order chi connectivity index (χ1) is 11.6. The van der Waals surface area contributed by atoms with E-state index in [0.717, 1.165) is 12.2 Å². The highest BCUT2D eigenvalue weighted by Crippen LogP contribution is 2.49. The van der Waals surface area contributed by atoms with E-state index in [-0.39, 0.29) is 17.9 Å². The first-order valence-corrected chi connectivity index (χ1v) is 8.48. The lowest BCUT2D eigenvalue weighted by molar-refractivity contribution is -0.140. The number of benzene rings is 1. The van der Waals surface area contributed by atoms with Gasteiger partial charge in [0.15, 0.2) is 5.82 Å². The summed E-state index contributed by atoms with van der Waals surface area (Å²) < 4.78 is 5.75. The second-order valence-electron chi connectivity index (χ2n) is 6.73. The fourth-order valence-corrected chi connectivity index (χ4v) is 3.56. The van der Waals surface area contributed by atoms with Crippen LogP contribution < -0.4 is 0 Å². The van der Waals surface area contributed by atoms with Gasteiger partial charge >= 0.3 is 0 Å². The Hall–Kier alpha value is -2.21. The standard InChI is InChI=1S/C18H22N4O2/c1-11-5-3-4-6-13(11)14-9-15(14)18(23)22-7-8-24-16(10-22)17-19-12(2)20-21-17/h3-6,14-16H,7-10H2,1-2H3,(H,19,20,21)/t14-,15-,16-/m0/s1. The molecule has 0 unspecified atom stereocenters. The molecule has 1 aromatic heterocycles. The van der Waals surface area contributed by atoms with Gasteiger partial charge in [0.2, 0.25) is 5.91 Å². The van der Waals surface area contributed by atoms with Crippen LogP contribution in [-0.4, -0.2) is 45.7 Å². The fourth-order valence-electron chi connectivity index (χ4n) is 3.56. The number of carbonyl (C=O) groups excluding carboxylic acids is 1. The molecule has 3 atom stereocenters. The minimum atomic E-state index is -0.233. The zero-order chi connectivity index (χ0) is 16.7. The molecule has 6 heteroatoms. The van der Waals surface area contributed by atoms with E-state index in [9.17, 15) is 4.79 Å². The van der Waals surface area contributed by atoms with Crippen molar-refractivity contribution in [3.63, 3.8) is 0 Å². The number of morpholine rings is 1. The number of nitrogens with one attached hydrogen (secondary N) is 1. The molecule has 4 rings (SSSR count). The van der Waals surface area contributed by atoms with Crippen LogP contribution in [0.4, 0.5) is 0 Å². The fraction of sp³-hybridized carbons (Fsp3) is 0.500. The van der Waals surface area contributed by atoms with Gasteiger partial charge in [0.05, 0.1) is 13.2 Å². The highest BCUT2D eigenvalue weighted by atomic mass is 16.5. The third-order valence-corrected chi connectivity index (χ3v) is 4.98. The Morgan fingerprint density at radius 2 is 2.17 bits per heavy atom. The molecule has 2 fully saturated rings. The number of rotatable bonds is 3. The van der Waals surface area contributed by atoms with Crippen molar-refractivity contribution in [1.82, 2.24) is 20.1 Å². The summed E-state index contributed by atoms with van der Waals surface area (Å²) in [4.78, 5) is 19.1. The Kier molecular flexibility index (Phi) is 3.84. The van der Waals surface area contributed by atoms with Crippen LogP contribution in [0.25, 0.3) is 0 Å². The molecule has 24 heavy (non-hydrogen) atoms. The molecule has 2 aromatic rings. The van der Waals surface area contributed by atoms with Gasteiger partial charge in [-0.2, -0.15) is 5.10 Å². The minimum Gasteiger partial charge on any atom is -0.366 e. The first-order valence-electron chi connectivity index (χ1n) is 8.48. The number of amides is 1. The van der Waals surface area contributed by atoms with Crippen molar-refractivity contribution in [3.8, 4) is 0 Å². The summed E-state index contributed by atoms with van der Waals surface area (Å²) in [6.07, 6.45) is 0.717. The normalized spacial score (nSPS) is 26.4. The molecule has 1 saturated carbocycles. The average molecular weight is 326 g/mol. The SMILES string of the molecule is Cc1nc([C@@H]2CN(C(=O)[C@H]3C[C@H]3c3ccccc3C)CCO2)n[nH]1. The van der Waals surface area contributed by atoms with Gasteiger partial charge in [-0.25, -0.2) is 4.98 Å². The number of aryl methyl sites for hydroxylation is 2. The van der Waals surface area contributed by atoms with Gasteiger partial charge < -0.3 is 9.64 Å². The van der Waals surface area contributed by atoms with Gasteiger partial charge in [0.1, 0.15) is 11.9 Å². The zero-order valence-electron chi connectivity index (χ0n) is 14.0. The van der Waals surface area contributed by atoms with E-state index in [2.05, 4.69) is 40.3 Å². The molecule has 1 aromatic carbocycles. The summed E-state index contributed by atoms with van der Waals surface area (Å²) in [5, 5.41) is 7.00. The van der Waals surface area contributed by atoms with Gasteiger partial charge in [-0.1, -0.05) is 24.3 Å². The molecule has 0 spiro atoms. The molecule has 2 heterocycles. The Morgan fingerprint density at radius 3 is 2.92 bits per heavy atom. The molecule has 0 radical (unpaired) electrons. The smallest absolute Gasteiger partial charge is 0.226 e. The molecule has 1 saturated heterocycles. The maximum Gasteiger partial charge on any atom is 0.226 e.